The van der Waals surface area contributed by atoms with Crippen LogP contribution in [0.25, 0.3) is 0 Å². The van der Waals surface area contributed by atoms with Crippen molar-refractivity contribution >= 4 is 11.9 Å². The summed E-state index contributed by atoms with van der Waals surface area (Å²) in [6, 6.07) is -0.476. The molecule has 4 heteroatoms. The van der Waals surface area contributed by atoms with Crippen LogP contribution in [0.5, 0.6) is 0 Å². The van der Waals surface area contributed by atoms with Gasteiger partial charge in [0, 0.05) is 6.42 Å². The van der Waals surface area contributed by atoms with E-state index in [2.05, 4.69) is 19.2 Å². The molecule has 0 bridgehead atoms. The average molecular weight is 257 g/mol. The van der Waals surface area contributed by atoms with E-state index in [4.69, 9.17) is 4.74 Å². The standard InChI is InChI=1S/C14H27NO3/c1-4-6-8-10-12(14(17)18-3)15-13(16)11-9-7-5-2/h12H,4-11H2,1-3H3,(H,15,16)/t12-/m0/s1. The molecule has 106 valence electrons. The van der Waals surface area contributed by atoms with Gasteiger partial charge in [0.25, 0.3) is 0 Å². The Hall–Kier alpha value is -1.06. The van der Waals surface area contributed by atoms with Gasteiger partial charge in [-0.1, -0.05) is 46.0 Å². The first-order valence-corrected chi connectivity index (χ1v) is 7.02. The predicted octanol–water partition coefficient (Wildman–Crippen LogP) is 2.80. The summed E-state index contributed by atoms with van der Waals surface area (Å²) in [5.74, 6) is -0.384. The van der Waals surface area contributed by atoms with Crippen molar-refractivity contribution in [3.05, 3.63) is 0 Å². The van der Waals surface area contributed by atoms with Crippen LogP contribution in [0.4, 0.5) is 0 Å². The fraction of sp³-hybridized carbons (Fsp3) is 0.857. The fourth-order valence-corrected chi connectivity index (χ4v) is 1.79. The summed E-state index contributed by atoms with van der Waals surface area (Å²) in [6.45, 7) is 4.20. The molecule has 0 rings (SSSR count). The quantitative estimate of drug-likeness (QED) is 0.483. The summed E-state index contributed by atoms with van der Waals surface area (Å²) >= 11 is 0. The SMILES string of the molecule is CCCCCC(=O)N[C@@H](CCCCC)C(=O)OC. The number of ether oxygens (including phenoxy) is 1. The highest BCUT2D eigenvalue weighted by molar-refractivity contribution is 5.84. The van der Waals surface area contributed by atoms with Crippen LogP contribution in [0.1, 0.15) is 65.2 Å². The number of methoxy groups -OCH3 is 1. The Kier molecular flexibility index (Phi) is 10.4. The van der Waals surface area contributed by atoms with E-state index in [-0.39, 0.29) is 11.9 Å². The van der Waals surface area contributed by atoms with Crippen molar-refractivity contribution in [2.45, 2.75) is 71.3 Å². The van der Waals surface area contributed by atoms with E-state index in [9.17, 15) is 9.59 Å². The zero-order valence-corrected chi connectivity index (χ0v) is 12.0. The second-order valence-electron chi connectivity index (χ2n) is 4.60. The molecule has 0 heterocycles. The average Bonchev–Trinajstić information content (AvgIpc) is 2.37. The van der Waals surface area contributed by atoms with Crippen LogP contribution in [-0.2, 0) is 14.3 Å². The van der Waals surface area contributed by atoms with Crippen LogP contribution in [-0.4, -0.2) is 25.0 Å². The zero-order valence-electron chi connectivity index (χ0n) is 12.0. The number of esters is 1. The van der Waals surface area contributed by atoms with Gasteiger partial charge in [-0.15, -0.1) is 0 Å². The number of carbonyl (C=O) groups excluding carboxylic acids is 2. The van der Waals surface area contributed by atoms with Crippen molar-refractivity contribution in [3.8, 4) is 0 Å². The highest BCUT2D eigenvalue weighted by Gasteiger charge is 2.20. The maximum absolute atomic E-state index is 11.7. The molecule has 4 nitrogen and oxygen atoms in total. The largest absolute Gasteiger partial charge is 0.467 e. The molecule has 0 saturated heterocycles. The van der Waals surface area contributed by atoms with Gasteiger partial charge in [-0.3, -0.25) is 4.79 Å². The number of hydrogen-bond acceptors (Lipinski definition) is 3. The Morgan fingerprint density at radius 2 is 1.67 bits per heavy atom. The monoisotopic (exact) mass is 257 g/mol. The van der Waals surface area contributed by atoms with Gasteiger partial charge in [0.05, 0.1) is 7.11 Å². The first kappa shape index (κ1) is 16.9. The highest BCUT2D eigenvalue weighted by atomic mass is 16.5. The van der Waals surface area contributed by atoms with Gasteiger partial charge in [-0.25, -0.2) is 4.79 Å². The van der Waals surface area contributed by atoms with Gasteiger partial charge in [0.1, 0.15) is 6.04 Å². The van der Waals surface area contributed by atoms with Crippen molar-refractivity contribution in [1.29, 1.82) is 0 Å². The molecule has 0 aliphatic rings. The lowest BCUT2D eigenvalue weighted by molar-refractivity contribution is -0.145. The van der Waals surface area contributed by atoms with Crippen molar-refractivity contribution in [1.82, 2.24) is 5.32 Å². The maximum atomic E-state index is 11.7. The summed E-state index contributed by atoms with van der Waals surface area (Å²) in [5, 5.41) is 2.77. The topological polar surface area (TPSA) is 55.4 Å². The number of amides is 1. The molecule has 0 fully saturated rings. The van der Waals surface area contributed by atoms with Crippen molar-refractivity contribution < 1.29 is 14.3 Å². The van der Waals surface area contributed by atoms with Gasteiger partial charge in [-0.2, -0.15) is 0 Å². The minimum atomic E-state index is -0.476. The summed E-state index contributed by atoms with van der Waals surface area (Å²) in [5.41, 5.74) is 0. The van der Waals surface area contributed by atoms with E-state index < -0.39 is 6.04 Å². The molecule has 1 atom stereocenters. The number of hydrogen-bond donors (Lipinski definition) is 1. The molecular formula is C14H27NO3. The van der Waals surface area contributed by atoms with Crippen LogP contribution in [0, 0.1) is 0 Å². The molecule has 0 saturated carbocycles. The molecule has 0 aromatic heterocycles. The molecule has 0 unspecified atom stereocenters. The molecule has 0 aromatic carbocycles. The molecule has 0 spiro atoms. The summed E-state index contributed by atoms with van der Waals surface area (Å²) in [6.07, 6.45) is 7.28. The van der Waals surface area contributed by atoms with Gasteiger partial charge in [0.15, 0.2) is 0 Å². The van der Waals surface area contributed by atoms with E-state index in [1.54, 1.807) is 0 Å². The Morgan fingerprint density at radius 1 is 1.06 bits per heavy atom. The Morgan fingerprint density at radius 3 is 2.22 bits per heavy atom. The number of unbranched alkanes of at least 4 members (excludes halogenated alkanes) is 4. The molecule has 0 aromatic rings. The van der Waals surface area contributed by atoms with E-state index in [0.29, 0.717) is 12.8 Å². The second kappa shape index (κ2) is 11.1. The lowest BCUT2D eigenvalue weighted by Crippen LogP contribution is -2.41. The van der Waals surface area contributed by atoms with E-state index in [1.807, 2.05) is 0 Å². The molecule has 0 radical (unpaired) electrons. The normalized spacial score (nSPS) is 11.9. The minimum absolute atomic E-state index is 0.0460. The van der Waals surface area contributed by atoms with Gasteiger partial charge < -0.3 is 10.1 Å². The summed E-state index contributed by atoms with van der Waals surface area (Å²) < 4.78 is 4.72. The van der Waals surface area contributed by atoms with Crippen LogP contribution in [0.15, 0.2) is 0 Å². The third kappa shape index (κ3) is 8.09. The molecule has 18 heavy (non-hydrogen) atoms. The second-order valence-corrected chi connectivity index (χ2v) is 4.60. The van der Waals surface area contributed by atoms with Crippen molar-refractivity contribution in [2.75, 3.05) is 7.11 Å². The van der Waals surface area contributed by atoms with E-state index in [1.165, 1.54) is 7.11 Å². The summed E-state index contributed by atoms with van der Waals surface area (Å²) in [7, 11) is 1.36. The highest BCUT2D eigenvalue weighted by Crippen LogP contribution is 2.06. The van der Waals surface area contributed by atoms with Gasteiger partial charge in [-0.05, 0) is 12.8 Å². The molecule has 0 aliphatic carbocycles. The van der Waals surface area contributed by atoms with Gasteiger partial charge in [0.2, 0.25) is 5.91 Å². The maximum Gasteiger partial charge on any atom is 0.328 e. The van der Waals surface area contributed by atoms with Crippen molar-refractivity contribution in [2.24, 2.45) is 0 Å². The first-order valence-electron chi connectivity index (χ1n) is 7.02. The number of rotatable bonds is 10. The third-order valence-corrected chi connectivity index (χ3v) is 2.92. The lowest BCUT2D eigenvalue weighted by atomic mass is 10.1. The molecular weight excluding hydrogens is 230 g/mol. The predicted molar refractivity (Wildman–Crippen MR) is 72.2 cm³/mol. The zero-order chi connectivity index (χ0) is 13.8. The number of carbonyl (C=O) groups is 2. The summed E-state index contributed by atoms with van der Waals surface area (Å²) in [4.78, 5) is 23.2. The van der Waals surface area contributed by atoms with Crippen LogP contribution in [0.3, 0.4) is 0 Å². The Labute approximate surface area is 110 Å². The first-order chi connectivity index (χ1) is 8.65. The van der Waals surface area contributed by atoms with Crippen LogP contribution < -0.4 is 5.32 Å². The van der Waals surface area contributed by atoms with E-state index >= 15 is 0 Å². The van der Waals surface area contributed by atoms with Crippen molar-refractivity contribution in [3.63, 3.8) is 0 Å². The lowest BCUT2D eigenvalue weighted by Gasteiger charge is -2.16. The third-order valence-electron chi connectivity index (χ3n) is 2.92. The number of nitrogens with one attached hydrogen (secondary N) is 1. The molecule has 1 N–H and O–H groups in total. The smallest absolute Gasteiger partial charge is 0.328 e. The molecule has 1 amide bonds. The minimum Gasteiger partial charge on any atom is -0.467 e. The van der Waals surface area contributed by atoms with Crippen LogP contribution >= 0.6 is 0 Å². The Balaban J connectivity index is 4.05. The fourth-order valence-electron chi connectivity index (χ4n) is 1.79. The van der Waals surface area contributed by atoms with E-state index in [0.717, 1.165) is 38.5 Å². The molecule has 0 aliphatic heterocycles. The van der Waals surface area contributed by atoms with Crippen LogP contribution in [0.2, 0.25) is 0 Å². The van der Waals surface area contributed by atoms with Gasteiger partial charge >= 0.3 is 5.97 Å². The Bertz CT molecular complexity index is 241.